The summed E-state index contributed by atoms with van der Waals surface area (Å²) in [4.78, 5) is 10.8. The number of benzene rings is 1. The summed E-state index contributed by atoms with van der Waals surface area (Å²) < 4.78 is 0. The van der Waals surface area contributed by atoms with Crippen molar-refractivity contribution in [1.82, 2.24) is 0 Å². The SMILES string of the molecule is O=Cc1cc2c3c(c1)CCC3CCC2. The van der Waals surface area contributed by atoms with E-state index in [1.165, 1.54) is 43.2 Å². The van der Waals surface area contributed by atoms with E-state index in [4.69, 9.17) is 0 Å². The van der Waals surface area contributed by atoms with Crippen molar-refractivity contribution in [3.63, 3.8) is 0 Å². The van der Waals surface area contributed by atoms with Crippen molar-refractivity contribution in [3.05, 3.63) is 34.4 Å². The molecule has 2 aliphatic rings. The first-order valence-corrected chi connectivity index (χ1v) is 5.49. The van der Waals surface area contributed by atoms with E-state index < -0.39 is 0 Å². The van der Waals surface area contributed by atoms with Crippen LogP contribution in [-0.4, -0.2) is 6.29 Å². The summed E-state index contributed by atoms with van der Waals surface area (Å²) in [6, 6.07) is 4.19. The molecule has 3 rings (SSSR count). The van der Waals surface area contributed by atoms with Gasteiger partial charge in [0.05, 0.1) is 0 Å². The van der Waals surface area contributed by atoms with Crippen LogP contribution in [-0.2, 0) is 12.8 Å². The van der Waals surface area contributed by atoms with E-state index in [0.29, 0.717) is 0 Å². The highest BCUT2D eigenvalue weighted by atomic mass is 16.1. The molecule has 0 spiro atoms. The van der Waals surface area contributed by atoms with Gasteiger partial charge in [-0.3, -0.25) is 4.79 Å². The lowest BCUT2D eigenvalue weighted by Crippen LogP contribution is -2.07. The van der Waals surface area contributed by atoms with Crippen LogP contribution in [0.5, 0.6) is 0 Å². The van der Waals surface area contributed by atoms with Crippen LogP contribution in [0.15, 0.2) is 12.1 Å². The number of carbonyl (C=O) groups is 1. The maximum Gasteiger partial charge on any atom is 0.150 e. The molecule has 0 N–H and O–H groups in total. The third kappa shape index (κ3) is 1.05. The molecule has 2 aliphatic carbocycles. The van der Waals surface area contributed by atoms with Gasteiger partial charge in [0.2, 0.25) is 0 Å². The summed E-state index contributed by atoms with van der Waals surface area (Å²) in [6.07, 6.45) is 7.33. The molecule has 72 valence electrons. The molecule has 0 heterocycles. The summed E-state index contributed by atoms with van der Waals surface area (Å²) in [5, 5.41) is 0. The fraction of sp³-hybridized carbons (Fsp3) is 0.462. The molecule has 0 saturated heterocycles. The highest BCUT2D eigenvalue weighted by molar-refractivity contribution is 5.76. The zero-order valence-corrected chi connectivity index (χ0v) is 8.25. The fourth-order valence-corrected chi connectivity index (χ4v) is 3.11. The minimum absolute atomic E-state index is 0.814. The molecule has 1 aromatic rings. The lowest BCUT2D eigenvalue weighted by molar-refractivity contribution is 0.112. The van der Waals surface area contributed by atoms with Gasteiger partial charge < -0.3 is 0 Å². The van der Waals surface area contributed by atoms with Crippen LogP contribution in [0, 0.1) is 0 Å². The first-order valence-electron chi connectivity index (χ1n) is 5.49. The van der Waals surface area contributed by atoms with Gasteiger partial charge in [-0.05, 0) is 66.8 Å². The number of hydrogen-bond acceptors (Lipinski definition) is 1. The molecule has 1 unspecified atom stereocenters. The van der Waals surface area contributed by atoms with Crippen molar-refractivity contribution in [2.45, 2.75) is 38.0 Å². The molecule has 0 aromatic heterocycles. The molecular weight excluding hydrogens is 172 g/mol. The van der Waals surface area contributed by atoms with Gasteiger partial charge in [0, 0.05) is 5.56 Å². The predicted molar refractivity (Wildman–Crippen MR) is 55.8 cm³/mol. The summed E-state index contributed by atoms with van der Waals surface area (Å²) in [6.45, 7) is 0. The van der Waals surface area contributed by atoms with Crippen LogP contribution in [0.2, 0.25) is 0 Å². The topological polar surface area (TPSA) is 17.1 Å². The molecule has 0 radical (unpaired) electrons. The first kappa shape index (κ1) is 8.22. The highest BCUT2D eigenvalue weighted by Crippen LogP contribution is 2.42. The lowest BCUT2D eigenvalue weighted by atomic mass is 9.83. The van der Waals surface area contributed by atoms with Crippen molar-refractivity contribution < 1.29 is 4.79 Å². The van der Waals surface area contributed by atoms with E-state index in [2.05, 4.69) is 12.1 Å². The number of rotatable bonds is 1. The standard InChI is InChI=1S/C13H14O/c14-8-9-6-11-3-1-2-10-4-5-12(7-9)13(10)11/h6-8,10H,1-5H2. The Kier molecular flexibility index (Phi) is 1.73. The molecular formula is C13H14O. The van der Waals surface area contributed by atoms with Gasteiger partial charge in [-0.25, -0.2) is 0 Å². The average Bonchev–Trinajstić information content (AvgIpc) is 2.64. The van der Waals surface area contributed by atoms with Gasteiger partial charge in [0.25, 0.3) is 0 Å². The third-order valence-corrected chi connectivity index (χ3v) is 3.68. The molecule has 0 fully saturated rings. The van der Waals surface area contributed by atoms with Crippen LogP contribution in [0.25, 0.3) is 0 Å². The van der Waals surface area contributed by atoms with E-state index in [9.17, 15) is 4.79 Å². The van der Waals surface area contributed by atoms with Gasteiger partial charge in [0.1, 0.15) is 6.29 Å². The summed E-state index contributed by atoms with van der Waals surface area (Å²) in [5.74, 6) is 0.814. The van der Waals surface area contributed by atoms with E-state index >= 15 is 0 Å². The molecule has 1 nitrogen and oxygen atoms in total. The van der Waals surface area contributed by atoms with Crippen LogP contribution >= 0.6 is 0 Å². The first-order chi connectivity index (χ1) is 6.88. The Morgan fingerprint density at radius 3 is 2.71 bits per heavy atom. The molecule has 1 heteroatoms. The van der Waals surface area contributed by atoms with Gasteiger partial charge >= 0.3 is 0 Å². The van der Waals surface area contributed by atoms with Crippen molar-refractivity contribution in [2.75, 3.05) is 0 Å². The third-order valence-electron chi connectivity index (χ3n) is 3.68. The smallest absolute Gasteiger partial charge is 0.150 e. The van der Waals surface area contributed by atoms with Crippen LogP contribution in [0.1, 0.15) is 52.2 Å². The number of aryl methyl sites for hydroxylation is 2. The molecule has 1 aromatic carbocycles. The van der Waals surface area contributed by atoms with E-state index in [1.807, 2.05) is 0 Å². The zero-order chi connectivity index (χ0) is 9.54. The van der Waals surface area contributed by atoms with E-state index in [1.54, 1.807) is 5.56 Å². The quantitative estimate of drug-likeness (QED) is 0.616. The van der Waals surface area contributed by atoms with E-state index in [-0.39, 0.29) is 0 Å². The molecule has 0 amide bonds. The fourth-order valence-electron chi connectivity index (χ4n) is 3.11. The Balaban J connectivity index is 2.21. The highest BCUT2D eigenvalue weighted by Gasteiger charge is 2.28. The van der Waals surface area contributed by atoms with Gasteiger partial charge in [0.15, 0.2) is 0 Å². The van der Waals surface area contributed by atoms with Gasteiger partial charge in [-0.15, -0.1) is 0 Å². The summed E-state index contributed by atoms with van der Waals surface area (Å²) in [7, 11) is 0. The zero-order valence-electron chi connectivity index (χ0n) is 8.25. The normalized spacial score (nSPS) is 23.3. The molecule has 14 heavy (non-hydrogen) atoms. The van der Waals surface area contributed by atoms with Crippen molar-refractivity contribution in [1.29, 1.82) is 0 Å². The Hall–Kier alpha value is -1.11. The number of hydrogen-bond donors (Lipinski definition) is 0. The number of aldehydes is 1. The molecule has 0 saturated carbocycles. The summed E-state index contributed by atoms with van der Waals surface area (Å²) in [5.41, 5.74) is 5.39. The van der Waals surface area contributed by atoms with Crippen molar-refractivity contribution in [2.24, 2.45) is 0 Å². The Morgan fingerprint density at radius 1 is 1.14 bits per heavy atom. The second-order valence-electron chi connectivity index (χ2n) is 4.50. The van der Waals surface area contributed by atoms with Crippen LogP contribution < -0.4 is 0 Å². The maximum atomic E-state index is 10.8. The van der Waals surface area contributed by atoms with E-state index in [0.717, 1.165) is 17.8 Å². The molecule has 0 bridgehead atoms. The van der Waals surface area contributed by atoms with Crippen LogP contribution in [0.3, 0.4) is 0 Å². The molecule has 1 atom stereocenters. The van der Waals surface area contributed by atoms with Crippen molar-refractivity contribution in [3.8, 4) is 0 Å². The monoisotopic (exact) mass is 186 g/mol. The largest absolute Gasteiger partial charge is 0.298 e. The van der Waals surface area contributed by atoms with Gasteiger partial charge in [-0.2, -0.15) is 0 Å². The Bertz CT molecular complexity index is 392. The maximum absolute atomic E-state index is 10.8. The molecule has 0 aliphatic heterocycles. The summed E-state index contributed by atoms with van der Waals surface area (Å²) >= 11 is 0. The average molecular weight is 186 g/mol. The number of carbonyl (C=O) groups excluding carboxylic acids is 1. The lowest BCUT2D eigenvalue weighted by Gasteiger charge is -2.21. The predicted octanol–water partition coefficient (Wildman–Crippen LogP) is 2.87. The second kappa shape index (κ2) is 2.94. The Labute approximate surface area is 84.1 Å². The minimum atomic E-state index is 0.814. The Morgan fingerprint density at radius 2 is 1.93 bits per heavy atom. The minimum Gasteiger partial charge on any atom is -0.298 e. The van der Waals surface area contributed by atoms with Crippen molar-refractivity contribution >= 4 is 6.29 Å². The van der Waals surface area contributed by atoms with Gasteiger partial charge in [-0.1, -0.05) is 0 Å². The second-order valence-corrected chi connectivity index (χ2v) is 4.50. The van der Waals surface area contributed by atoms with Crippen LogP contribution in [0.4, 0.5) is 0 Å².